The molecule has 0 atom stereocenters. The van der Waals surface area contributed by atoms with Crippen LogP contribution in [0.2, 0.25) is 0 Å². The molecule has 1 N–H and O–H groups in total. The first-order valence-electron chi connectivity index (χ1n) is 8.52. The number of carbonyl (C=O) groups is 1. The van der Waals surface area contributed by atoms with Crippen LogP contribution in [-0.2, 0) is 10.5 Å². The van der Waals surface area contributed by atoms with Gasteiger partial charge in [-0.1, -0.05) is 30.5 Å². The van der Waals surface area contributed by atoms with Crippen molar-refractivity contribution in [3.8, 4) is 11.5 Å². The zero-order valence-corrected chi connectivity index (χ0v) is 15.1. The average molecular weight is 344 g/mol. The van der Waals surface area contributed by atoms with E-state index < -0.39 is 0 Å². The van der Waals surface area contributed by atoms with Crippen LogP contribution in [0.4, 0.5) is 0 Å². The van der Waals surface area contributed by atoms with Crippen LogP contribution in [0, 0.1) is 13.8 Å². The summed E-state index contributed by atoms with van der Waals surface area (Å²) in [6, 6.07) is 8.53. The van der Waals surface area contributed by atoms with Gasteiger partial charge in [-0.05, 0) is 38.8 Å². The monoisotopic (exact) mass is 344 g/mol. The highest BCUT2D eigenvalue weighted by molar-refractivity contribution is 7.99. The molecule has 4 nitrogen and oxygen atoms in total. The smallest absolute Gasteiger partial charge is 0.230 e. The van der Waals surface area contributed by atoms with Gasteiger partial charge in [-0.15, -0.1) is 11.8 Å². The van der Waals surface area contributed by atoms with E-state index in [9.17, 15) is 4.79 Å². The Morgan fingerprint density at radius 1 is 1.25 bits per heavy atom. The van der Waals surface area contributed by atoms with Crippen molar-refractivity contribution in [1.29, 1.82) is 0 Å². The molecule has 1 saturated carbocycles. The highest BCUT2D eigenvalue weighted by Crippen LogP contribution is 2.24. The van der Waals surface area contributed by atoms with Gasteiger partial charge >= 0.3 is 0 Å². The molecule has 1 heterocycles. The van der Waals surface area contributed by atoms with Crippen LogP contribution in [0.15, 0.2) is 28.7 Å². The van der Waals surface area contributed by atoms with Gasteiger partial charge < -0.3 is 9.73 Å². The lowest BCUT2D eigenvalue weighted by molar-refractivity contribution is -0.119. The van der Waals surface area contributed by atoms with Crippen LogP contribution in [0.5, 0.6) is 0 Å². The largest absolute Gasteiger partial charge is 0.441 e. The molecule has 1 fully saturated rings. The molecule has 0 aliphatic heterocycles. The summed E-state index contributed by atoms with van der Waals surface area (Å²) < 4.78 is 5.78. The third-order valence-electron chi connectivity index (χ3n) is 4.38. The fourth-order valence-electron chi connectivity index (χ4n) is 2.96. The molecule has 0 radical (unpaired) electrons. The zero-order chi connectivity index (χ0) is 16.9. The minimum atomic E-state index is 0.131. The Labute approximate surface area is 147 Å². The van der Waals surface area contributed by atoms with Crippen molar-refractivity contribution < 1.29 is 9.21 Å². The van der Waals surface area contributed by atoms with E-state index in [1.165, 1.54) is 18.4 Å². The van der Waals surface area contributed by atoms with Crippen molar-refractivity contribution in [1.82, 2.24) is 10.3 Å². The molecule has 1 aromatic heterocycles. The Bertz CT molecular complexity index is 688. The Morgan fingerprint density at radius 2 is 1.96 bits per heavy atom. The number of thioether (sulfide) groups is 1. The number of aromatic nitrogens is 1. The first kappa shape index (κ1) is 17.1. The number of hydrogen-bond donors (Lipinski definition) is 1. The Morgan fingerprint density at radius 3 is 2.67 bits per heavy atom. The van der Waals surface area contributed by atoms with Gasteiger partial charge in [-0.3, -0.25) is 4.79 Å². The lowest BCUT2D eigenvalue weighted by Gasteiger charge is -2.11. The van der Waals surface area contributed by atoms with Crippen LogP contribution < -0.4 is 5.32 Å². The molecule has 1 aliphatic rings. The lowest BCUT2D eigenvalue weighted by atomic mass is 10.1. The molecule has 5 heteroatoms. The maximum Gasteiger partial charge on any atom is 0.230 e. The van der Waals surface area contributed by atoms with Crippen molar-refractivity contribution in [2.45, 2.75) is 51.3 Å². The molecule has 0 spiro atoms. The topological polar surface area (TPSA) is 55.1 Å². The Hall–Kier alpha value is -1.75. The number of carbonyl (C=O) groups excluding carboxylic acids is 1. The number of amides is 1. The zero-order valence-electron chi connectivity index (χ0n) is 14.3. The SMILES string of the molecule is Cc1ccc(-c2nc(CSCC(=O)NC3CCCC3)c(C)o2)cc1. The molecule has 1 amide bonds. The van der Waals surface area contributed by atoms with Gasteiger partial charge in [0.25, 0.3) is 0 Å². The number of hydrogen-bond acceptors (Lipinski definition) is 4. The van der Waals surface area contributed by atoms with Gasteiger partial charge in [0.05, 0.1) is 11.4 Å². The second kappa shape index (κ2) is 7.88. The van der Waals surface area contributed by atoms with E-state index >= 15 is 0 Å². The maximum atomic E-state index is 12.0. The van der Waals surface area contributed by atoms with Gasteiger partial charge in [0.2, 0.25) is 11.8 Å². The third-order valence-corrected chi connectivity index (χ3v) is 5.33. The van der Waals surface area contributed by atoms with E-state index in [1.54, 1.807) is 11.8 Å². The summed E-state index contributed by atoms with van der Waals surface area (Å²) >= 11 is 1.59. The summed E-state index contributed by atoms with van der Waals surface area (Å²) in [5.41, 5.74) is 3.12. The summed E-state index contributed by atoms with van der Waals surface area (Å²) in [6.07, 6.45) is 4.72. The van der Waals surface area contributed by atoms with Gasteiger partial charge in [0.1, 0.15) is 5.76 Å². The van der Waals surface area contributed by atoms with E-state index in [-0.39, 0.29) is 5.91 Å². The second-order valence-electron chi connectivity index (χ2n) is 6.43. The quantitative estimate of drug-likeness (QED) is 0.851. The van der Waals surface area contributed by atoms with Crippen molar-refractivity contribution in [3.63, 3.8) is 0 Å². The summed E-state index contributed by atoms with van der Waals surface area (Å²) in [5.74, 6) is 2.78. The van der Waals surface area contributed by atoms with Crippen molar-refractivity contribution in [2.24, 2.45) is 0 Å². The summed E-state index contributed by atoms with van der Waals surface area (Å²) in [5, 5.41) is 3.11. The number of aryl methyl sites for hydroxylation is 2. The summed E-state index contributed by atoms with van der Waals surface area (Å²) in [7, 11) is 0. The molecule has 1 aliphatic carbocycles. The summed E-state index contributed by atoms with van der Waals surface area (Å²) in [6.45, 7) is 3.99. The van der Waals surface area contributed by atoms with Crippen LogP contribution in [-0.4, -0.2) is 22.7 Å². The predicted octanol–water partition coefficient (Wildman–Crippen LogP) is 4.25. The lowest BCUT2D eigenvalue weighted by Crippen LogP contribution is -2.33. The first-order chi connectivity index (χ1) is 11.6. The Kier molecular flexibility index (Phi) is 5.61. The number of nitrogens with zero attached hydrogens (tertiary/aromatic N) is 1. The molecule has 24 heavy (non-hydrogen) atoms. The molecule has 2 aromatic rings. The van der Waals surface area contributed by atoms with Crippen LogP contribution in [0.3, 0.4) is 0 Å². The molecule has 128 valence electrons. The fourth-order valence-corrected chi connectivity index (χ4v) is 3.79. The van der Waals surface area contributed by atoms with Crippen molar-refractivity contribution in [2.75, 3.05) is 5.75 Å². The predicted molar refractivity (Wildman–Crippen MR) is 98.0 cm³/mol. The van der Waals surface area contributed by atoms with Gasteiger partial charge in [0, 0.05) is 17.4 Å². The number of oxazole rings is 1. The molecule has 1 aromatic carbocycles. The van der Waals surface area contributed by atoms with Crippen LogP contribution in [0.1, 0.15) is 42.7 Å². The number of nitrogens with one attached hydrogen (secondary N) is 1. The minimum Gasteiger partial charge on any atom is -0.441 e. The first-order valence-corrected chi connectivity index (χ1v) is 9.68. The molecule has 0 unspecified atom stereocenters. The van der Waals surface area contributed by atoms with Crippen molar-refractivity contribution in [3.05, 3.63) is 41.3 Å². The second-order valence-corrected chi connectivity index (χ2v) is 7.42. The van der Waals surface area contributed by atoms with E-state index in [0.29, 0.717) is 23.4 Å². The molecule has 0 saturated heterocycles. The molecule has 3 rings (SSSR count). The van der Waals surface area contributed by atoms with Gasteiger partial charge in [-0.2, -0.15) is 0 Å². The van der Waals surface area contributed by atoms with E-state index in [2.05, 4.69) is 29.4 Å². The minimum absolute atomic E-state index is 0.131. The number of benzene rings is 1. The van der Waals surface area contributed by atoms with Crippen LogP contribution in [0.25, 0.3) is 11.5 Å². The standard InChI is InChI=1S/C19H24N2O2S/c1-13-7-9-15(10-8-13)19-21-17(14(2)23-19)11-24-12-18(22)20-16-5-3-4-6-16/h7-10,16H,3-6,11-12H2,1-2H3,(H,20,22). The van der Waals surface area contributed by atoms with E-state index in [1.807, 2.05) is 19.1 Å². The highest BCUT2D eigenvalue weighted by Gasteiger charge is 2.17. The Balaban J connectivity index is 1.52. The fraction of sp³-hybridized carbons (Fsp3) is 0.474. The van der Waals surface area contributed by atoms with Crippen LogP contribution >= 0.6 is 11.8 Å². The molecule has 0 bridgehead atoms. The van der Waals surface area contributed by atoms with Crippen molar-refractivity contribution >= 4 is 17.7 Å². The maximum absolute atomic E-state index is 12.0. The van der Waals surface area contributed by atoms with E-state index in [0.717, 1.165) is 29.9 Å². The molecular formula is C19H24N2O2S. The highest BCUT2D eigenvalue weighted by atomic mass is 32.2. The normalized spacial score (nSPS) is 14.9. The number of rotatable bonds is 6. The molecular weight excluding hydrogens is 320 g/mol. The van der Waals surface area contributed by atoms with Gasteiger partial charge in [-0.25, -0.2) is 4.98 Å². The third kappa shape index (κ3) is 4.41. The summed E-state index contributed by atoms with van der Waals surface area (Å²) in [4.78, 5) is 16.5. The van der Waals surface area contributed by atoms with Gasteiger partial charge in [0.15, 0.2) is 0 Å². The van der Waals surface area contributed by atoms with E-state index in [4.69, 9.17) is 4.42 Å². The average Bonchev–Trinajstić information content (AvgIpc) is 3.18.